The summed E-state index contributed by atoms with van der Waals surface area (Å²) in [6.45, 7) is 0.514. The number of carboxylic acid groups (broad SMARTS) is 1. The number of rotatable bonds is 3. The van der Waals surface area contributed by atoms with Gasteiger partial charge in [0, 0.05) is 11.6 Å². The molecule has 0 aliphatic carbocycles. The number of carbonyl (C=O) groups excluding carboxylic acids is 1. The molecule has 1 heterocycles. The second kappa shape index (κ2) is 5.40. The highest BCUT2D eigenvalue weighted by Gasteiger charge is 2.33. The van der Waals surface area contributed by atoms with Crippen molar-refractivity contribution in [3.05, 3.63) is 34.9 Å². The van der Waals surface area contributed by atoms with Crippen LogP contribution in [0.3, 0.4) is 0 Å². The van der Waals surface area contributed by atoms with E-state index in [9.17, 15) is 9.59 Å². The number of carboxylic acids is 1. The van der Waals surface area contributed by atoms with E-state index in [1.807, 2.05) is 6.07 Å². The molecular formula is C13H14ClNO3. The predicted octanol–water partition coefficient (Wildman–Crippen LogP) is 1.96. The average Bonchev–Trinajstić information content (AvgIpc) is 2.81. The molecule has 0 aromatic heterocycles. The lowest BCUT2D eigenvalue weighted by molar-refractivity contribution is -0.148. The molecule has 1 saturated heterocycles. The highest BCUT2D eigenvalue weighted by molar-refractivity contribution is 6.31. The summed E-state index contributed by atoms with van der Waals surface area (Å²) in [4.78, 5) is 24.5. The summed E-state index contributed by atoms with van der Waals surface area (Å²) < 4.78 is 0. The number of hydrogen-bond acceptors (Lipinski definition) is 2. The first-order chi connectivity index (χ1) is 8.59. The lowest BCUT2D eigenvalue weighted by atomic mass is 10.1. The van der Waals surface area contributed by atoms with E-state index in [4.69, 9.17) is 16.7 Å². The molecule has 0 spiro atoms. The summed E-state index contributed by atoms with van der Waals surface area (Å²) in [6.07, 6.45) is 1.43. The molecular weight excluding hydrogens is 254 g/mol. The zero-order valence-electron chi connectivity index (χ0n) is 9.80. The second-order valence-corrected chi connectivity index (χ2v) is 4.76. The number of halogens is 1. The number of hydrogen-bond donors (Lipinski definition) is 1. The van der Waals surface area contributed by atoms with Crippen LogP contribution in [0.25, 0.3) is 0 Å². The molecule has 1 fully saturated rings. The van der Waals surface area contributed by atoms with Crippen LogP contribution < -0.4 is 0 Å². The lowest BCUT2D eigenvalue weighted by Gasteiger charge is -2.21. The smallest absolute Gasteiger partial charge is 0.326 e. The molecule has 1 aliphatic heterocycles. The number of aliphatic carboxylic acids is 1. The van der Waals surface area contributed by atoms with Crippen molar-refractivity contribution in [1.29, 1.82) is 0 Å². The Bertz CT molecular complexity index is 475. The SMILES string of the molecule is O=C(O)[C@H]1CCCN1C(=O)Cc1ccccc1Cl. The molecule has 0 bridgehead atoms. The number of benzene rings is 1. The van der Waals surface area contributed by atoms with Crippen molar-refractivity contribution in [3.8, 4) is 0 Å². The maximum absolute atomic E-state index is 12.1. The first-order valence-electron chi connectivity index (χ1n) is 5.85. The molecule has 0 saturated carbocycles. The van der Waals surface area contributed by atoms with Crippen molar-refractivity contribution < 1.29 is 14.7 Å². The quantitative estimate of drug-likeness (QED) is 0.911. The number of nitrogens with zero attached hydrogens (tertiary/aromatic N) is 1. The van der Waals surface area contributed by atoms with Crippen LogP contribution in [0.2, 0.25) is 5.02 Å². The molecule has 1 amide bonds. The molecule has 96 valence electrons. The summed E-state index contributed by atoms with van der Waals surface area (Å²) in [7, 11) is 0. The third kappa shape index (κ3) is 2.64. The highest BCUT2D eigenvalue weighted by atomic mass is 35.5. The van der Waals surface area contributed by atoms with E-state index in [2.05, 4.69) is 0 Å². The van der Waals surface area contributed by atoms with Crippen LogP contribution in [-0.4, -0.2) is 34.5 Å². The average molecular weight is 268 g/mol. The minimum Gasteiger partial charge on any atom is -0.480 e. The van der Waals surface area contributed by atoms with Crippen molar-refractivity contribution >= 4 is 23.5 Å². The van der Waals surface area contributed by atoms with Gasteiger partial charge in [-0.3, -0.25) is 4.79 Å². The molecule has 4 nitrogen and oxygen atoms in total. The second-order valence-electron chi connectivity index (χ2n) is 4.35. The van der Waals surface area contributed by atoms with Gasteiger partial charge in [-0.25, -0.2) is 4.79 Å². The van der Waals surface area contributed by atoms with Crippen LogP contribution in [0.4, 0.5) is 0 Å². The van der Waals surface area contributed by atoms with Crippen LogP contribution in [0.15, 0.2) is 24.3 Å². The third-order valence-electron chi connectivity index (χ3n) is 3.16. The van der Waals surface area contributed by atoms with Crippen LogP contribution in [0.1, 0.15) is 18.4 Å². The van der Waals surface area contributed by atoms with Crippen molar-refractivity contribution in [2.75, 3.05) is 6.54 Å². The first kappa shape index (κ1) is 12.9. The fraction of sp³-hybridized carbons (Fsp3) is 0.385. The van der Waals surface area contributed by atoms with Gasteiger partial charge in [0.15, 0.2) is 0 Å². The zero-order chi connectivity index (χ0) is 13.1. The van der Waals surface area contributed by atoms with Gasteiger partial charge in [-0.2, -0.15) is 0 Å². The number of carbonyl (C=O) groups is 2. The summed E-state index contributed by atoms with van der Waals surface area (Å²) >= 11 is 5.99. The molecule has 1 atom stereocenters. The molecule has 1 aliphatic rings. The first-order valence-corrected chi connectivity index (χ1v) is 6.23. The van der Waals surface area contributed by atoms with Gasteiger partial charge in [-0.15, -0.1) is 0 Å². The van der Waals surface area contributed by atoms with E-state index < -0.39 is 12.0 Å². The zero-order valence-corrected chi connectivity index (χ0v) is 10.6. The van der Waals surface area contributed by atoms with E-state index in [-0.39, 0.29) is 12.3 Å². The standard InChI is InChI=1S/C13H14ClNO3/c14-10-5-2-1-4-9(10)8-12(16)15-7-3-6-11(15)13(17)18/h1-2,4-5,11H,3,6-8H2,(H,17,18)/t11-/m1/s1. The van der Waals surface area contributed by atoms with Crippen LogP contribution in [0, 0.1) is 0 Å². The summed E-state index contributed by atoms with van der Waals surface area (Å²) in [5, 5.41) is 9.57. The molecule has 0 radical (unpaired) electrons. The maximum atomic E-state index is 12.1. The minimum absolute atomic E-state index is 0.156. The minimum atomic E-state index is -0.931. The topological polar surface area (TPSA) is 57.6 Å². The molecule has 0 unspecified atom stereocenters. The van der Waals surface area contributed by atoms with Crippen molar-refractivity contribution in [2.24, 2.45) is 0 Å². The van der Waals surface area contributed by atoms with E-state index in [0.717, 1.165) is 12.0 Å². The molecule has 1 N–H and O–H groups in total. The van der Waals surface area contributed by atoms with Gasteiger partial charge in [-0.05, 0) is 24.5 Å². The van der Waals surface area contributed by atoms with Crippen LogP contribution in [-0.2, 0) is 16.0 Å². The van der Waals surface area contributed by atoms with Crippen LogP contribution >= 0.6 is 11.6 Å². The van der Waals surface area contributed by atoms with Gasteiger partial charge in [-0.1, -0.05) is 29.8 Å². The predicted molar refractivity (Wildman–Crippen MR) is 67.5 cm³/mol. The van der Waals surface area contributed by atoms with E-state index in [1.165, 1.54) is 4.90 Å². The van der Waals surface area contributed by atoms with E-state index in [0.29, 0.717) is 18.0 Å². The Hall–Kier alpha value is -1.55. The van der Waals surface area contributed by atoms with Gasteiger partial charge in [0.2, 0.25) is 5.91 Å². The maximum Gasteiger partial charge on any atom is 0.326 e. The Balaban J connectivity index is 2.08. The van der Waals surface area contributed by atoms with Gasteiger partial charge in [0.25, 0.3) is 0 Å². The summed E-state index contributed by atoms with van der Waals surface area (Å²) in [6, 6.07) is 6.44. The highest BCUT2D eigenvalue weighted by Crippen LogP contribution is 2.21. The van der Waals surface area contributed by atoms with E-state index >= 15 is 0 Å². The van der Waals surface area contributed by atoms with Gasteiger partial charge in [0.1, 0.15) is 6.04 Å². The van der Waals surface area contributed by atoms with Gasteiger partial charge >= 0.3 is 5.97 Å². The van der Waals surface area contributed by atoms with Crippen LogP contribution in [0.5, 0.6) is 0 Å². The fourth-order valence-corrected chi connectivity index (χ4v) is 2.43. The monoisotopic (exact) mass is 267 g/mol. The Morgan fingerprint density at radius 2 is 2.11 bits per heavy atom. The van der Waals surface area contributed by atoms with Gasteiger partial charge in [0.05, 0.1) is 6.42 Å². The van der Waals surface area contributed by atoms with E-state index in [1.54, 1.807) is 18.2 Å². The molecule has 5 heteroatoms. The summed E-state index contributed by atoms with van der Waals surface area (Å²) in [5.41, 5.74) is 0.736. The van der Waals surface area contributed by atoms with Crippen molar-refractivity contribution in [2.45, 2.75) is 25.3 Å². The number of likely N-dealkylation sites (tertiary alicyclic amines) is 1. The molecule has 1 aromatic rings. The Labute approximate surface area is 110 Å². The number of amides is 1. The summed E-state index contributed by atoms with van der Waals surface area (Å²) in [5.74, 6) is -1.10. The third-order valence-corrected chi connectivity index (χ3v) is 3.53. The van der Waals surface area contributed by atoms with Crippen molar-refractivity contribution in [3.63, 3.8) is 0 Å². The Morgan fingerprint density at radius 1 is 1.39 bits per heavy atom. The molecule has 2 rings (SSSR count). The largest absolute Gasteiger partial charge is 0.480 e. The molecule has 1 aromatic carbocycles. The van der Waals surface area contributed by atoms with Crippen molar-refractivity contribution in [1.82, 2.24) is 4.90 Å². The Kier molecular flexibility index (Phi) is 3.87. The fourth-order valence-electron chi connectivity index (χ4n) is 2.23. The normalized spacial score (nSPS) is 18.9. The molecule has 18 heavy (non-hydrogen) atoms. The van der Waals surface area contributed by atoms with Gasteiger partial charge < -0.3 is 10.0 Å². The lowest BCUT2D eigenvalue weighted by Crippen LogP contribution is -2.41. The Morgan fingerprint density at radius 3 is 2.78 bits per heavy atom.